The fraction of sp³-hybridized carbons (Fsp3) is 0.250. The molecule has 4 rings (SSSR count). The molecule has 3 aromatic rings. The SMILES string of the molecule is O=c1cc(N2CCNCC2)c2cc(OCc3ccccc3)ccc2o1. The molecule has 2 aromatic carbocycles. The van der Waals surface area contributed by atoms with Gasteiger partial charge in [0.1, 0.15) is 17.9 Å². The molecular formula is C20H20N2O3. The summed E-state index contributed by atoms with van der Waals surface area (Å²) in [5, 5.41) is 4.24. The van der Waals surface area contributed by atoms with Crippen molar-refractivity contribution in [2.75, 3.05) is 31.1 Å². The summed E-state index contributed by atoms with van der Waals surface area (Å²) in [5.41, 5.74) is 2.30. The number of hydrogen-bond donors (Lipinski definition) is 1. The zero-order valence-corrected chi connectivity index (χ0v) is 13.9. The van der Waals surface area contributed by atoms with Gasteiger partial charge in [0.05, 0.1) is 5.69 Å². The van der Waals surface area contributed by atoms with Crippen molar-refractivity contribution >= 4 is 16.7 Å². The Labute approximate surface area is 145 Å². The van der Waals surface area contributed by atoms with Crippen LogP contribution in [0.25, 0.3) is 11.0 Å². The third-order valence-electron chi connectivity index (χ3n) is 4.40. The fourth-order valence-corrected chi connectivity index (χ4v) is 3.12. The molecule has 0 bridgehead atoms. The van der Waals surface area contributed by atoms with E-state index in [1.807, 2.05) is 48.5 Å². The van der Waals surface area contributed by atoms with Crippen LogP contribution >= 0.6 is 0 Å². The van der Waals surface area contributed by atoms with Crippen LogP contribution in [0.1, 0.15) is 5.56 Å². The summed E-state index contributed by atoms with van der Waals surface area (Å²) in [6, 6.07) is 17.2. The van der Waals surface area contributed by atoms with Gasteiger partial charge in [-0.3, -0.25) is 0 Å². The zero-order chi connectivity index (χ0) is 17.1. The van der Waals surface area contributed by atoms with Crippen LogP contribution < -0.4 is 20.6 Å². The van der Waals surface area contributed by atoms with Gasteiger partial charge in [0.15, 0.2) is 0 Å². The molecule has 1 aromatic heterocycles. The lowest BCUT2D eigenvalue weighted by Crippen LogP contribution is -2.43. The molecule has 25 heavy (non-hydrogen) atoms. The topological polar surface area (TPSA) is 54.7 Å². The van der Waals surface area contributed by atoms with Gasteiger partial charge >= 0.3 is 5.63 Å². The van der Waals surface area contributed by atoms with E-state index in [1.165, 1.54) is 0 Å². The van der Waals surface area contributed by atoms with Crippen LogP contribution in [0, 0.1) is 0 Å². The van der Waals surface area contributed by atoms with E-state index in [-0.39, 0.29) is 5.63 Å². The van der Waals surface area contributed by atoms with Crippen LogP contribution in [0.2, 0.25) is 0 Å². The smallest absolute Gasteiger partial charge is 0.338 e. The van der Waals surface area contributed by atoms with Gasteiger partial charge in [-0.15, -0.1) is 0 Å². The molecule has 5 heteroatoms. The number of ether oxygens (including phenoxy) is 1. The second-order valence-electron chi connectivity index (χ2n) is 6.12. The van der Waals surface area contributed by atoms with E-state index in [0.717, 1.165) is 48.6 Å². The lowest BCUT2D eigenvalue weighted by atomic mass is 10.1. The van der Waals surface area contributed by atoms with Crippen LogP contribution in [-0.2, 0) is 6.61 Å². The first-order valence-corrected chi connectivity index (χ1v) is 8.50. The summed E-state index contributed by atoms with van der Waals surface area (Å²) in [7, 11) is 0. The summed E-state index contributed by atoms with van der Waals surface area (Å²) in [5.74, 6) is 0.765. The number of fused-ring (bicyclic) bond motifs is 1. The highest BCUT2D eigenvalue weighted by molar-refractivity contribution is 5.91. The van der Waals surface area contributed by atoms with Crippen LogP contribution in [0.5, 0.6) is 5.75 Å². The Hall–Kier alpha value is -2.79. The first kappa shape index (κ1) is 15.7. The minimum Gasteiger partial charge on any atom is -0.489 e. The average Bonchev–Trinajstić information content (AvgIpc) is 2.67. The van der Waals surface area contributed by atoms with Crippen molar-refractivity contribution in [2.45, 2.75) is 6.61 Å². The first-order chi connectivity index (χ1) is 12.3. The van der Waals surface area contributed by atoms with Gasteiger partial charge in [-0.2, -0.15) is 0 Å². The summed E-state index contributed by atoms with van der Waals surface area (Å²) >= 11 is 0. The summed E-state index contributed by atoms with van der Waals surface area (Å²) in [4.78, 5) is 14.1. The normalized spacial score (nSPS) is 14.6. The van der Waals surface area contributed by atoms with Crippen molar-refractivity contribution in [1.29, 1.82) is 0 Å². The van der Waals surface area contributed by atoms with E-state index in [0.29, 0.717) is 12.2 Å². The molecule has 1 aliphatic rings. The Morgan fingerprint density at radius 1 is 1.04 bits per heavy atom. The van der Waals surface area contributed by atoms with Crippen LogP contribution in [0.3, 0.4) is 0 Å². The highest BCUT2D eigenvalue weighted by Crippen LogP contribution is 2.29. The lowest BCUT2D eigenvalue weighted by Gasteiger charge is -2.30. The van der Waals surface area contributed by atoms with Crippen LogP contribution in [0.4, 0.5) is 5.69 Å². The fourth-order valence-electron chi connectivity index (χ4n) is 3.12. The second-order valence-corrected chi connectivity index (χ2v) is 6.12. The molecule has 1 aliphatic heterocycles. The predicted octanol–water partition coefficient (Wildman–Crippen LogP) is 2.78. The number of piperazine rings is 1. The third-order valence-corrected chi connectivity index (χ3v) is 4.40. The highest BCUT2D eigenvalue weighted by Gasteiger charge is 2.16. The molecule has 0 aliphatic carbocycles. The molecular weight excluding hydrogens is 316 g/mol. The molecule has 0 amide bonds. The van der Waals surface area contributed by atoms with E-state index in [1.54, 1.807) is 6.07 Å². The van der Waals surface area contributed by atoms with Gasteiger partial charge in [-0.1, -0.05) is 30.3 Å². The van der Waals surface area contributed by atoms with Gasteiger partial charge in [0.2, 0.25) is 0 Å². The molecule has 0 unspecified atom stereocenters. The third kappa shape index (κ3) is 3.51. The van der Waals surface area contributed by atoms with Gasteiger partial charge in [-0.05, 0) is 23.8 Å². The largest absolute Gasteiger partial charge is 0.489 e. The molecule has 0 spiro atoms. The Morgan fingerprint density at radius 3 is 2.64 bits per heavy atom. The Bertz CT molecular complexity index is 915. The van der Waals surface area contributed by atoms with Gasteiger partial charge in [0.25, 0.3) is 0 Å². The van der Waals surface area contributed by atoms with Crippen molar-refractivity contribution in [3.63, 3.8) is 0 Å². The Kier molecular flexibility index (Phi) is 4.39. The first-order valence-electron chi connectivity index (χ1n) is 8.50. The molecule has 2 heterocycles. The maximum Gasteiger partial charge on any atom is 0.338 e. The molecule has 1 N–H and O–H groups in total. The molecule has 0 radical (unpaired) electrons. The van der Waals surface area contributed by atoms with Crippen molar-refractivity contribution in [1.82, 2.24) is 5.32 Å². The Morgan fingerprint density at radius 2 is 1.84 bits per heavy atom. The van der Waals surface area contributed by atoms with E-state index >= 15 is 0 Å². The second kappa shape index (κ2) is 6.99. The predicted molar refractivity (Wildman–Crippen MR) is 98.3 cm³/mol. The molecule has 1 fully saturated rings. The zero-order valence-electron chi connectivity index (χ0n) is 13.9. The van der Waals surface area contributed by atoms with Gasteiger partial charge < -0.3 is 19.4 Å². The number of hydrogen-bond acceptors (Lipinski definition) is 5. The molecule has 1 saturated heterocycles. The quantitative estimate of drug-likeness (QED) is 0.743. The molecule has 128 valence electrons. The summed E-state index contributed by atoms with van der Waals surface area (Å²) in [6.07, 6.45) is 0. The summed E-state index contributed by atoms with van der Waals surface area (Å²) in [6.45, 7) is 4.06. The number of anilines is 1. The minimum atomic E-state index is -0.320. The van der Waals surface area contributed by atoms with Crippen molar-refractivity contribution in [2.24, 2.45) is 0 Å². The van der Waals surface area contributed by atoms with E-state index < -0.39 is 0 Å². The van der Waals surface area contributed by atoms with Crippen molar-refractivity contribution in [3.8, 4) is 5.75 Å². The van der Waals surface area contributed by atoms with Gasteiger partial charge in [-0.25, -0.2) is 4.79 Å². The molecule has 0 saturated carbocycles. The van der Waals surface area contributed by atoms with Crippen molar-refractivity contribution < 1.29 is 9.15 Å². The average molecular weight is 336 g/mol. The number of rotatable bonds is 4. The van der Waals surface area contributed by atoms with Gasteiger partial charge in [0, 0.05) is 37.6 Å². The standard InChI is InChI=1S/C20H20N2O3/c23-20-13-18(22-10-8-21-9-11-22)17-12-16(6-7-19(17)25-20)24-14-15-4-2-1-3-5-15/h1-7,12-13,21H,8-11,14H2. The molecule has 0 atom stereocenters. The minimum absolute atomic E-state index is 0.320. The number of nitrogens with one attached hydrogen (secondary N) is 1. The van der Waals surface area contributed by atoms with E-state index in [4.69, 9.17) is 9.15 Å². The molecule has 5 nitrogen and oxygen atoms in total. The lowest BCUT2D eigenvalue weighted by molar-refractivity contribution is 0.306. The Balaban J connectivity index is 1.66. The maximum absolute atomic E-state index is 11.9. The van der Waals surface area contributed by atoms with Crippen molar-refractivity contribution in [3.05, 3.63) is 70.6 Å². The highest BCUT2D eigenvalue weighted by atomic mass is 16.5. The van der Waals surface area contributed by atoms with Crippen LogP contribution in [-0.4, -0.2) is 26.2 Å². The summed E-state index contributed by atoms with van der Waals surface area (Å²) < 4.78 is 11.3. The number of benzene rings is 2. The van der Waals surface area contributed by atoms with E-state index in [2.05, 4.69) is 10.2 Å². The van der Waals surface area contributed by atoms with E-state index in [9.17, 15) is 4.79 Å². The monoisotopic (exact) mass is 336 g/mol. The maximum atomic E-state index is 11.9. The van der Waals surface area contributed by atoms with Crippen LogP contribution in [0.15, 0.2) is 63.8 Å². The number of nitrogens with zero attached hydrogens (tertiary/aromatic N) is 1.